The van der Waals surface area contributed by atoms with Crippen LogP contribution in [0.3, 0.4) is 0 Å². The lowest BCUT2D eigenvalue weighted by molar-refractivity contribution is 0.149. The van der Waals surface area contributed by atoms with Crippen LogP contribution in [0.4, 0.5) is 5.82 Å². The van der Waals surface area contributed by atoms with Crippen molar-refractivity contribution in [3.8, 4) is 6.07 Å². The maximum absolute atomic E-state index is 9.78. The molecule has 2 rings (SSSR count). The van der Waals surface area contributed by atoms with E-state index in [1.807, 2.05) is 13.0 Å². The van der Waals surface area contributed by atoms with Gasteiger partial charge < -0.3 is 10.4 Å². The van der Waals surface area contributed by atoms with Gasteiger partial charge in [0.15, 0.2) is 0 Å². The minimum Gasteiger partial charge on any atom is -0.394 e. The molecular formula is C15H21N3O. The summed E-state index contributed by atoms with van der Waals surface area (Å²) >= 11 is 0. The van der Waals surface area contributed by atoms with Crippen LogP contribution >= 0.6 is 0 Å². The zero-order chi connectivity index (χ0) is 13.9. The van der Waals surface area contributed by atoms with Gasteiger partial charge in [0.1, 0.15) is 11.9 Å². The van der Waals surface area contributed by atoms with E-state index in [2.05, 4.69) is 23.3 Å². The van der Waals surface area contributed by atoms with Gasteiger partial charge >= 0.3 is 0 Å². The van der Waals surface area contributed by atoms with Crippen molar-refractivity contribution in [1.29, 1.82) is 5.26 Å². The Morgan fingerprint density at radius 3 is 3.00 bits per heavy atom. The molecule has 2 atom stereocenters. The van der Waals surface area contributed by atoms with Crippen molar-refractivity contribution in [3.05, 3.63) is 23.4 Å². The molecule has 1 aliphatic carbocycles. The van der Waals surface area contributed by atoms with Crippen LogP contribution < -0.4 is 5.32 Å². The Morgan fingerprint density at radius 1 is 1.58 bits per heavy atom. The number of hydrogen-bond donors (Lipinski definition) is 2. The van der Waals surface area contributed by atoms with Gasteiger partial charge in [0.2, 0.25) is 0 Å². The standard InChI is InChI=1S/C15H21N3O/c1-11-4-3-7-15(8-11,10-19)18-14-13(9-16)6-5-12(2)17-14/h5-6,11,19H,3-4,7-8,10H2,1-2H3,(H,17,18). The number of nitrogens with one attached hydrogen (secondary N) is 1. The lowest BCUT2D eigenvalue weighted by Gasteiger charge is -2.40. The SMILES string of the molecule is Cc1ccc(C#N)c(NC2(CO)CCCC(C)C2)n1. The van der Waals surface area contributed by atoms with Crippen LogP contribution in [0.15, 0.2) is 12.1 Å². The van der Waals surface area contributed by atoms with Crippen LogP contribution in [0.25, 0.3) is 0 Å². The maximum Gasteiger partial charge on any atom is 0.144 e. The number of aliphatic hydroxyl groups excluding tert-OH is 1. The molecule has 0 radical (unpaired) electrons. The van der Waals surface area contributed by atoms with Gasteiger partial charge in [-0.2, -0.15) is 5.26 Å². The summed E-state index contributed by atoms with van der Waals surface area (Å²) in [5, 5.41) is 22.3. The zero-order valence-electron chi connectivity index (χ0n) is 11.6. The lowest BCUT2D eigenvalue weighted by Crippen LogP contribution is -2.46. The number of rotatable bonds is 3. The van der Waals surface area contributed by atoms with Crippen LogP contribution in [-0.4, -0.2) is 22.2 Å². The molecule has 0 aliphatic heterocycles. The fraction of sp³-hybridized carbons (Fsp3) is 0.600. The smallest absolute Gasteiger partial charge is 0.144 e. The van der Waals surface area contributed by atoms with E-state index < -0.39 is 0 Å². The van der Waals surface area contributed by atoms with E-state index in [9.17, 15) is 5.11 Å². The van der Waals surface area contributed by atoms with Gasteiger partial charge in [-0.3, -0.25) is 0 Å². The van der Waals surface area contributed by atoms with E-state index in [1.54, 1.807) is 6.07 Å². The zero-order valence-corrected chi connectivity index (χ0v) is 11.6. The van der Waals surface area contributed by atoms with Crippen molar-refractivity contribution in [2.24, 2.45) is 5.92 Å². The summed E-state index contributed by atoms with van der Waals surface area (Å²) in [5.74, 6) is 1.19. The second-order valence-electron chi connectivity index (χ2n) is 5.73. The summed E-state index contributed by atoms with van der Waals surface area (Å²) in [6, 6.07) is 5.77. The van der Waals surface area contributed by atoms with Crippen molar-refractivity contribution in [1.82, 2.24) is 4.98 Å². The summed E-state index contributed by atoms with van der Waals surface area (Å²) < 4.78 is 0. The van der Waals surface area contributed by atoms with Gasteiger partial charge in [-0.25, -0.2) is 4.98 Å². The molecule has 0 saturated heterocycles. The molecule has 2 N–H and O–H groups in total. The molecule has 2 unspecified atom stereocenters. The minimum atomic E-state index is -0.329. The number of aliphatic hydroxyl groups is 1. The molecule has 0 aromatic carbocycles. The van der Waals surface area contributed by atoms with Crippen LogP contribution in [0.5, 0.6) is 0 Å². The molecule has 19 heavy (non-hydrogen) atoms. The molecule has 1 saturated carbocycles. The van der Waals surface area contributed by atoms with E-state index in [-0.39, 0.29) is 12.1 Å². The minimum absolute atomic E-state index is 0.0812. The second-order valence-corrected chi connectivity index (χ2v) is 5.73. The summed E-state index contributed by atoms with van der Waals surface area (Å²) in [6.45, 7) is 4.19. The molecule has 4 heteroatoms. The molecule has 0 spiro atoms. The summed E-state index contributed by atoms with van der Waals surface area (Å²) in [5.41, 5.74) is 1.08. The molecule has 1 aliphatic rings. The first-order valence-electron chi connectivity index (χ1n) is 6.85. The Labute approximate surface area is 114 Å². The first-order valence-corrected chi connectivity index (χ1v) is 6.85. The van der Waals surface area contributed by atoms with Crippen LogP contribution in [0.2, 0.25) is 0 Å². The van der Waals surface area contributed by atoms with E-state index in [0.717, 1.165) is 25.0 Å². The van der Waals surface area contributed by atoms with Gasteiger partial charge in [0.25, 0.3) is 0 Å². The topological polar surface area (TPSA) is 68.9 Å². The van der Waals surface area contributed by atoms with Crippen molar-refractivity contribution in [2.75, 3.05) is 11.9 Å². The van der Waals surface area contributed by atoms with Gasteiger partial charge in [-0.15, -0.1) is 0 Å². The van der Waals surface area contributed by atoms with Crippen molar-refractivity contribution >= 4 is 5.82 Å². The van der Waals surface area contributed by atoms with E-state index in [0.29, 0.717) is 17.3 Å². The predicted molar refractivity (Wildman–Crippen MR) is 74.8 cm³/mol. The quantitative estimate of drug-likeness (QED) is 0.875. The number of aromatic nitrogens is 1. The highest BCUT2D eigenvalue weighted by Crippen LogP contribution is 2.35. The molecule has 1 aromatic heterocycles. The third-order valence-electron chi connectivity index (χ3n) is 3.93. The molecule has 1 aromatic rings. The van der Waals surface area contributed by atoms with Gasteiger partial charge in [0, 0.05) is 5.69 Å². The fourth-order valence-corrected chi connectivity index (χ4v) is 2.95. The van der Waals surface area contributed by atoms with E-state index in [1.165, 1.54) is 6.42 Å². The summed E-state index contributed by atoms with van der Waals surface area (Å²) in [4.78, 5) is 4.41. The average Bonchev–Trinajstić information content (AvgIpc) is 2.39. The molecule has 4 nitrogen and oxygen atoms in total. The molecule has 1 heterocycles. The number of anilines is 1. The van der Waals surface area contributed by atoms with Gasteiger partial charge in [-0.1, -0.05) is 19.8 Å². The fourth-order valence-electron chi connectivity index (χ4n) is 2.95. The summed E-state index contributed by atoms with van der Waals surface area (Å²) in [7, 11) is 0. The highest BCUT2D eigenvalue weighted by atomic mass is 16.3. The maximum atomic E-state index is 9.78. The number of aryl methyl sites for hydroxylation is 1. The Hall–Kier alpha value is -1.60. The third-order valence-corrected chi connectivity index (χ3v) is 3.93. The molecule has 0 amide bonds. The predicted octanol–water partition coefficient (Wildman–Crippen LogP) is 2.61. The molecular weight excluding hydrogens is 238 g/mol. The Balaban J connectivity index is 2.28. The first-order chi connectivity index (χ1) is 9.08. The van der Waals surface area contributed by atoms with Crippen LogP contribution in [0, 0.1) is 24.2 Å². The lowest BCUT2D eigenvalue weighted by atomic mass is 9.77. The van der Waals surface area contributed by atoms with Crippen molar-refractivity contribution in [2.45, 2.75) is 45.1 Å². The number of nitriles is 1. The third kappa shape index (κ3) is 3.05. The number of pyridine rings is 1. The molecule has 0 bridgehead atoms. The Morgan fingerprint density at radius 2 is 2.37 bits per heavy atom. The van der Waals surface area contributed by atoms with Crippen molar-refractivity contribution in [3.63, 3.8) is 0 Å². The monoisotopic (exact) mass is 259 g/mol. The highest BCUT2D eigenvalue weighted by Gasteiger charge is 2.35. The average molecular weight is 259 g/mol. The van der Waals surface area contributed by atoms with Gasteiger partial charge in [-0.05, 0) is 37.8 Å². The number of hydrogen-bond acceptors (Lipinski definition) is 4. The van der Waals surface area contributed by atoms with E-state index >= 15 is 0 Å². The van der Waals surface area contributed by atoms with Crippen LogP contribution in [0.1, 0.15) is 43.9 Å². The van der Waals surface area contributed by atoms with Crippen molar-refractivity contribution < 1.29 is 5.11 Å². The largest absolute Gasteiger partial charge is 0.394 e. The Kier molecular flexibility index (Phi) is 4.06. The second kappa shape index (κ2) is 5.58. The van der Waals surface area contributed by atoms with Crippen LogP contribution in [-0.2, 0) is 0 Å². The Bertz CT molecular complexity index is 495. The number of nitrogens with zero attached hydrogens (tertiary/aromatic N) is 2. The highest BCUT2D eigenvalue weighted by molar-refractivity contribution is 5.53. The van der Waals surface area contributed by atoms with E-state index in [4.69, 9.17) is 5.26 Å². The molecule has 1 fully saturated rings. The summed E-state index contributed by atoms with van der Waals surface area (Å²) in [6.07, 6.45) is 4.15. The molecule has 102 valence electrons. The normalized spacial score (nSPS) is 26.7. The van der Waals surface area contributed by atoms with Gasteiger partial charge in [0.05, 0.1) is 17.7 Å². The first kappa shape index (κ1) is 13.8.